The van der Waals surface area contributed by atoms with Crippen molar-refractivity contribution in [2.75, 3.05) is 50.8 Å². The first kappa shape index (κ1) is 24.1. The monoisotopic (exact) mass is 440 g/mol. The summed E-state index contributed by atoms with van der Waals surface area (Å²) in [7, 11) is 0. The molecule has 0 aliphatic carbocycles. The average molecular weight is 440 g/mol. The number of amides is 1. The molecule has 0 unspecified atom stereocenters. The van der Waals surface area contributed by atoms with Crippen LogP contribution in [0.3, 0.4) is 0 Å². The van der Waals surface area contributed by atoms with Gasteiger partial charge in [-0.25, -0.2) is 4.98 Å². The molecule has 1 aromatic rings. The fraction of sp³-hybridized carbons (Fsp3) is 0.474. The van der Waals surface area contributed by atoms with Crippen LogP contribution in [0.1, 0.15) is 23.2 Å². The number of aromatic nitrogens is 1. The highest BCUT2D eigenvalue weighted by molar-refractivity contribution is 6.07. The van der Waals surface area contributed by atoms with Gasteiger partial charge in [-0.05, 0) is 12.5 Å². The Kier molecular flexibility index (Phi) is 8.35. The number of hydrogen-bond acceptors (Lipinski definition) is 8. The number of rotatable bonds is 10. The van der Waals surface area contributed by atoms with Crippen LogP contribution in [0.25, 0.3) is 5.57 Å². The largest absolute Gasteiger partial charge is 0.417 e. The summed E-state index contributed by atoms with van der Waals surface area (Å²) in [6, 6.07) is 2.31. The van der Waals surface area contributed by atoms with E-state index in [1.807, 2.05) is 0 Å². The number of alkyl halides is 3. The van der Waals surface area contributed by atoms with Crippen molar-refractivity contribution < 1.29 is 28.2 Å². The summed E-state index contributed by atoms with van der Waals surface area (Å²) in [5.74, 6) is -0.534. The molecule has 0 aromatic carbocycles. The first-order valence-corrected chi connectivity index (χ1v) is 9.48. The average Bonchev–Trinajstić information content (AvgIpc) is 2.68. The van der Waals surface area contributed by atoms with Gasteiger partial charge in [-0.2, -0.15) is 18.4 Å². The SMILES string of the molecule is N#Cc1c(C(F)(F)F)cc(/C(C=N)=C/NCC(=O)N(CCO)CCO)nc1N1CCC1. The number of pyridine rings is 1. The van der Waals surface area contributed by atoms with Crippen molar-refractivity contribution >= 4 is 23.5 Å². The second-order valence-electron chi connectivity index (χ2n) is 6.66. The Balaban J connectivity index is 2.32. The Morgan fingerprint density at radius 1 is 1.35 bits per heavy atom. The van der Waals surface area contributed by atoms with Gasteiger partial charge in [0.15, 0.2) is 0 Å². The van der Waals surface area contributed by atoms with Crippen LogP contribution in [0.2, 0.25) is 0 Å². The van der Waals surface area contributed by atoms with Gasteiger partial charge < -0.3 is 30.7 Å². The Morgan fingerprint density at radius 3 is 2.45 bits per heavy atom. The van der Waals surface area contributed by atoms with Crippen molar-refractivity contribution in [2.24, 2.45) is 0 Å². The molecule has 12 heteroatoms. The van der Waals surface area contributed by atoms with Crippen molar-refractivity contribution in [3.63, 3.8) is 0 Å². The topological polar surface area (TPSA) is 137 Å². The number of aliphatic hydroxyl groups is 2. The zero-order chi connectivity index (χ0) is 23.0. The Bertz CT molecular complexity index is 872. The lowest BCUT2D eigenvalue weighted by Gasteiger charge is -2.33. The summed E-state index contributed by atoms with van der Waals surface area (Å²) >= 11 is 0. The lowest BCUT2D eigenvalue weighted by atomic mass is 10.0. The molecule has 0 bridgehead atoms. The number of hydrogen-bond donors (Lipinski definition) is 4. The molecule has 31 heavy (non-hydrogen) atoms. The number of aliphatic hydroxyl groups excluding tert-OH is 2. The van der Waals surface area contributed by atoms with E-state index in [0.717, 1.165) is 12.6 Å². The predicted molar refractivity (Wildman–Crippen MR) is 106 cm³/mol. The third-order valence-corrected chi connectivity index (χ3v) is 4.63. The summed E-state index contributed by atoms with van der Waals surface area (Å²) in [6.07, 6.45) is -2.03. The molecule has 0 radical (unpaired) electrons. The number of nitriles is 1. The van der Waals surface area contributed by atoms with Gasteiger partial charge in [0.05, 0.1) is 31.0 Å². The van der Waals surface area contributed by atoms with Crippen molar-refractivity contribution in [1.82, 2.24) is 15.2 Å². The van der Waals surface area contributed by atoms with Crippen molar-refractivity contribution in [2.45, 2.75) is 12.6 Å². The van der Waals surface area contributed by atoms with Gasteiger partial charge in [0.2, 0.25) is 5.91 Å². The van der Waals surface area contributed by atoms with Gasteiger partial charge >= 0.3 is 6.18 Å². The van der Waals surface area contributed by atoms with Crippen LogP contribution < -0.4 is 10.2 Å². The minimum absolute atomic E-state index is 0.0135. The van der Waals surface area contributed by atoms with E-state index < -0.39 is 23.2 Å². The number of nitrogens with zero attached hydrogens (tertiary/aromatic N) is 4. The van der Waals surface area contributed by atoms with Gasteiger partial charge in [0, 0.05) is 44.2 Å². The summed E-state index contributed by atoms with van der Waals surface area (Å²) in [5, 5.41) is 37.4. The normalized spacial score (nSPS) is 13.9. The summed E-state index contributed by atoms with van der Waals surface area (Å²) < 4.78 is 40.7. The highest BCUT2D eigenvalue weighted by Gasteiger charge is 2.37. The minimum Gasteiger partial charge on any atom is -0.395 e. The quantitative estimate of drug-likeness (QED) is 0.391. The third-order valence-electron chi connectivity index (χ3n) is 4.63. The predicted octanol–water partition coefficient (Wildman–Crippen LogP) is 0.575. The molecule has 1 amide bonds. The van der Waals surface area contributed by atoms with E-state index >= 15 is 0 Å². The number of halogens is 3. The van der Waals surface area contributed by atoms with Gasteiger partial charge in [-0.15, -0.1) is 0 Å². The van der Waals surface area contributed by atoms with E-state index in [-0.39, 0.29) is 49.9 Å². The fourth-order valence-corrected chi connectivity index (χ4v) is 2.92. The van der Waals surface area contributed by atoms with E-state index in [0.29, 0.717) is 19.2 Å². The van der Waals surface area contributed by atoms with E-state index in [1.54, 1.807) is 11.0 Å². The highest BCUT2D eigenvalue weighted by Crippen LogP contribution is 2.37. The first-order chi connectivity index (χ1) is 14.8. The Hall–Kier alpha value is -3.17. The second kappa shape index (κ2) is 10.7. The molecule has 2 heterocycles. The molecule has 0 saturated carbocycles. The molecule has 1 fully saturated rings. The molecule has 4 N–H and O–H groups in total. The van der Waals surface area contributed by atoms with E-state index in [9.17, 15) is 23.2 Å². The zero-order valence-electron chi connectivity index (χ0n) is 16.6. The van der Waals surface area contributed by atoms with Gasteiger partial charge in [0.1, 0.15) is 17.5 Å². The van der Waals surface area contributed by atoms with E-state index in [4.69, 9.17) is 15.6 Å². The molecule has 2 rings (SSSR count). The Labute approximate surface area is 176 Å². The molecule has 9 nitrogen and oxygen atoms in total. The van der Waals surface area contributed by atoms with Gasteiger partial charge in [0.25, 0.3) is 0 Å². The molecular weight excluding hydrogens is 417 g/mol. The number of anilines is 1. The maximum atomic E-state index is 13.6. The zero-order valence-corrected chi connectivity index (χ0v) is 16.6. The van der Waals surface area contributed by atoms with E-state index in [2.05, 4.69) is 10.3 Å². The van der Waals surface area contributed by atoms with Crippen LogP contribution in [0.5, 0.6) is 0 Å². The van der Waals surface area contributed by atoms with Crippen LogP contribution in [-0.4, -0.2) is 78.2 Å². The number of carbonyl (C=O) groups excluding carboxylic acids is 1. The Morgan fingerprint density at radius 2 is 2.00 bits per heavy atom. The van der Waals surface area contributed by atoms with Gasteiger partial charge in [-0.1, -0.05) is 0 Å². The number of allylic oxidation sites excluding steroid dienone is 1. The summed E-state index contributed by atoms with van der Waals surface area (Å²) in [6.45, 7) is 0.151. The summed E-state index contributed by atoms with van der Waals surface area (Å²) in [4.78, 5) is 19.1. The summed E-state index contributed by atoms with van der Waals surface area (Å²) in [5.41, 5.74) is -1.87. The van der Waals surface area contributed by atoms with Crippen LogP contribution >= 0.6 is 0 Å². The highest BCUT2D eigenvalue weighted by atomic mass is 19.4. The molecule has 0 spiro atoms. The minimum atomic E-state index is -4.78. The molecule has 1 aliphatic rings. The van der Waals surface area contributed by atoms with E-state index in [1.165, 1.54) is 11.1 Å². The van der Waals surface area contributed by atoms with Crippen LogP contribution in [-0.2, 0) is 11.0 Å². The lowest BCUT2D eigenvalue weighted by Crippen LogP contribution is -2.40. The van der Waals surface area contributed by atoms with Crippen LogP contribution in [0.15, 0.2) is 12.3 Å². The maximum absolute atomic E-state index is 13.6. The maximum Gasteiger partial charge on any atom is 0.417 e. The van der Waals surface area contributed by atoms with Crippen LogP contribution in [0, 0.1) is 16.7 Å². The van der Waals surface area contributed by atoms with Crippen molar-refractivity contribution in [3.05, 3.63) is 29.1 Å². The standard InChI is InChI=1S/C19H23F3N6O3/c20-19(21,22)15-8-16(26-18(14(15)10-24)28-2-1-3-28)13(9-23)11-25-12-17(31)27(4-6-29)5-7-30/h8-9,11,23,25,29-30H,1-7,12H2/b13-11+,23-9?. The van der Waals surface area contributed by atoms with Crippen molar-refractivity contribution in [1.29, 1.82) is 10.7 Å². The lowest BCUT2D eigenvalue weighted by molar-refractivity contribution is -0.137. The molecule has 1 saturated heterocycles. The molecule has 1 aliphatic heterocycles. The number of carbonyl (C=O) groups is 1. The molecular formula is C19H23F3N6O3. The smallest absolute Gasteiger partial charge is 0.395 e. The first-order valence-electron chi connectivity index (χ1n) is 9.48. The second-order valence-corrected chi connectivity index (χ2v) is 6.66. The van der Waals surface area contributed by atoms with Crippen LogP contribution in [0.4, 0.5) is 19.0 Å². The molecule has 168 valence electrons. The van der Waals surface area contributed by atoms with Crippen molar-refractivity contribution in [3.8, 4) is 6.07 Å². The third kappa shape index (κ3) is 5.93. The molecule has 0 atom stereocenters. The fourth-order valence-electron chi connectivity index (χ4n) is 2.92. The number of nitrogens with one attached hydrogen (secondary N) is 2. The van der Waals surface area contributed by atoms with Gasteiger partial charge in [-0.3, -0.25) is 4.79 Å². The molecule has 1 aromatic heterocycles.